The minimum absolute atomic E-state index is 0.0748. The molecule has 0 N–H and O–H groups in total. The van der Waals surface area contributed by atoms with Crippen LogP contribution in [0.2, 0.25) is 0 Å². The second kappa shape index (κ2) is 5.34. The average molecular weight is 210 g/mol. The molecule has 0 bridgehead atoms. The van der Waals surface area contributed by atoms with Gasteiger partial charge in [-0.1, -0.05) is 19.1 Å². The fraction of sp³-hybridized carbons (Fsp3) is 0.769. The van der Waals surface area contributed by atoms with Gasteiger partial charge < -0.3 is 4.74 Å². The van der Waals surface area contributed by atoms with Crippen molar-refractivity contribution in [2.75, 3.05) is 7.11 Å². The molecule has 1 rings (SSSR count). The highest BCUT2D eigenvalue weighted by Gasteiger charge is 2.29. The van der Waals surface area contributed by atoms with Gasteiger partial charge in [-0.3, -0.25) is 4.79 Å². The topological polar surface area (TPSA) is 26.3 Å². The molecular formula is C13H22O2. The van der Waals surface area contributed by atoms with E-state index in [1.54, 1.807) is 0 Å². The van der Waals surface area contributed by atoms with Gasteiger partial charge >= 0.3 is 5.97 Å². The summed E-state index contributed by atoms with van der Waals surface area (Å²) in [5.74, 6) is 1.65. The summed E-state index contributed by atoms with van der Waals surface area (Å²) in [6.45, 7) is 8.35. The molecule has 0 heterocycles. The summed E-state index contributed by atoms with van der Waals surface area (Å²) in [6.07, 6.45) is 4.11. The van der Waals surface area contributed by atoms with Crippen LogP contribution in [-0.4, -0.2) is 13.1 Å². The lowest BCUT2D eigenvalue weighted by Crippen LogP contribution is -2.26. The molecular weight excluding hydrogens is 188 g/mol. The molecule has 2 heteroatoms. The third kappa shape index (κ3) is 3.37. The minimum Gasteiger partial charge on any atom is -0.469 e. The van der Waals surface area contributed by atoms with E-state index in [1.807, 2.05) is 0 Å². The first kappa shape index (κ1) is 12.3. The van der Waals surface area contributed by atoms with Crippen LogP contribution in [0.1, 0.15) is 39.5 Å². The van der Waals surface area contributed by atoms with E-state index in [1.165, 1.54) is 25.5 Å². The number of carbonyl (C=O) groups is 1. The third-order valence-electron chi connectivity index (χ3n) is 3.72. The Hall–Kier alpha value is -0.790. The van der Waals surface area contributed by atoms with Gasteiger partial charge in [0.05, 0.1) is 7.11 Å². The van der Waals surface area contributed by atoms with E-state index in [0.717, 1.165) is 6.42 Å². The van der Waals surface area contributed by atoms with Gasteiger partial charge in [-0.2, -0.15) is 0 Å². The molecule has 0 aromatic rings. The van der Waals surface area contributed by atoms with Crippen molar-refractivity contribution in [3.63, 3.8) is 0 Å². The largest absolute Gasteiger partial charge is 0.469 e. The zero-order valence-electron chi connectivity index (χ0n) is 10.1. The fourth-order valence-electron chi connectivity index (χ4n) is 2.44. The van der Waals surface area contributed by atoms with Gasteiger partial charge in [-0.25, -0.2) is 0 Å². The molecule has 0 amide bonds. The molecule has 86 valence electrons. The van der Waals surface area contributed by atoms with Gasteiger partial charge in [-0.05, 0) is 43.9 Å². The van der Waals surface area contributed by atoms with Crippen molar-refractivity contribution >= 4 is 5.97 Å². The maximum absolute atomic E-state index is 11.3. The van der Waals surface area contributed by atoms with E-state index in [-0.39, 0.29) is 5.97 Å². The quantitative estimate of drug-likeness (QED) is 0.528. The van der Waals surface area contributed by atoms with E-state index in [0.29, 0.717) is 24.2 Å². The summed E-state index contributed by atoms with van der Waals surface area (Å²) >= 11 is 0. The standard InChI is InChI=1S/C13H22O2/c1-9(2)11-6-5-10(3)12(7-11)8-13(14)15-4/h10-12H,1,5-8H2,2-4H3/t10-,11-,12+/m1/s1. The number of rotatable bonds is 3. The summed E-state index contributed by atoms with van der Waals surface area (Å²) in [6, 6.07) is 0. The predicted octanol–water partition coefficient (Wildman–Crippen LogP) is 3.18. The van der Waals surface area contributed by atoms with Crippen molar-refractivity contribution in [2.45, 2.75) is 39.5 Å². The van der Waals surface area contributed by atoms with Gasteiger partial charge in [0.15, 0.2) is 0 Å². The predicted molar refractivity (Wildman–Crippen MR) is 61.4 cm³/mol. The molecule has 0 unspecified atom stereocenters. The molecule has 0 aromatic carbocycles. The van der Waals surface area contributed by atoms with Crippen molar-refractivity contribution in [2.24, 2.45) is 17.8 Å². The minimum atomic E-state index is -0.0748. The summed E-state index contributed by atoms with van der Waals surface area (Å²) in [4.78, 5) is 11.3. The Morgan fingerprint density at radius 1 is 1.47 bits per heavy atom. The second-order valence-corrected chi connectivity index (χ2v) is 4.87. The molecule has 1 saturated carbocycles. The van der Waals surface area contributed by atoms with E-state index in [4.69, 9.17) is 4.74 Å². The molecule has 0 spiro atoms. The maximum atomic E-state index is 11.3. The number of hydrogen-bond donors (Lipinski definition) is 0. The van der Waals surface area contributed by atoms with Crippen LogP contribution in [0.3, 0.4) is 0 Å². The van der Waals surface area contributed by atoms with Crippen LogP contribution >= 0.6 is 0 Å². The van der Waals surface area contributed by atoms with Crippen LogP contribution in [-0.2, 0) is 9.53 Å². The summed E-state index contributed by atoms with van der Waals surface area (Å²) in [5.41, 5.74) is 1.26. The van der Waals surface area contributed by atoms with E-state index in [9.17, 15) is 4.79 Å². The Morgan fingerprint density at radius 2 is 2.13 bits per heavy atom. The SMILES string of the molecule is C=C(C)[C@@H]1CC[C@@H](C)[C@H](CC(=O)OC)C1. The number of ether oxygens (including phenoxy) is 1. The highest BCUT2D eigenvalue weighted by molar-refractivity contribution is 5.69. The van der Waals surface area contributed by atoms with Crippen LogP contribution < -0.4 is 0 Å². The van der Waals surface area contributed by atoms with Crippen LogP contribution in [0.4, 0.5) is 0 Å². The Bertz CT molecular complexity index is 245. The highest BCUT2D eigenvalue weighted by atomic mass is 16.5. The summed E-state index contributed by atoms with van der Waals surface area (Å²) in [5, 5.41) is 0. The lowest BCUT2D eigenvalue weighted by atomic mass is 9.72. The third-order valence-corrected chi connectivity index (χ3v) is 3.72. The van der Waals surface area contributed by atoms with Crippen molar-refractivity contribution in [3.05, 3.63) is 12.2 Å². The van der Waals surface area contributed by atoms with Gasteiger partial charge in [0.2, 0.25) is 0 Å². The van der Waals surface area contributed by atoms with Crippen LogP contribution in [0, 0.1) is 17.8 Å². The van der Waals surface area contributed by atoms with Crippen molar-refractivity contribution < 1.29 is 9.53 Å². The van der Waals surface area contributed by atoms with Crippen LogP contribution in [0.25, 0.3) is 0 Å². The lowest BCUT2D eigenvalue weighted by molar-refractivity contribution is -0.142. The van der Waals surface area contributed by atoms with E-state index in [2.05, 4.69) is 20.4 Å². The number of carbonyl (C=O) groups excluding carboxylic acids is 1. The molecule has 1 aliphatic carbocycles. The van der Waals surface area contributed by atoms with Crippen LogP contribution in [0.15, 0.2) is 12.2 Å². The normalized spacial score (nSPS) is 31.0. The lowest BCUT2D eigenvalue weighted by Gasteiger charge is -2.34. The van der Waals surface area contributed by atoms with Gasteiger partial charge in [-0.15, -0.1) is 0 Å². The van der Waals surface area contributed by atoms with Crippen molar-refractivity contribution in [1.82, 2.24) is 0 Å². The smallest absolute Gasteiger partial charge is 0.305 e. The number of esters is 1. The summed E-state index contributed by atoms with van der Waals surface area (Å²) < 4.78 is 4.74. The Morgan fingerprint density at radius 3 is 2.67 bits per heavy atom. The summed E-state index contributed by atoms with van der Waals surface area (Å²) in [7, 11) is 1.46. The molecule has 15 heavy (non-hydrogen) atoms. The molecule has 0 aromatic heterocycles. The Labute approximate surface area is 92.7 Å². The molecule has 2 nitrogen and oxygen atoms in total. The first-order valence-electron chi connectivity index (χ1n) is 5.76. The molecule has 3 atom stereocenters. The zero-order valence-corrected chi connectivity index (χ0v) is 10.1. The molecule has 1 aliphatic rings. The van der Waals surface area contributed by atoms with Gasteiger partial charge in [0.25, 0.3) is 0 Å². The van der Waals surface area contributed by atoms with Gasteiger partial charge in [0, 0.05) is 6.42 Å². The molecule has 0 saturated heterocycles. The van der Waals surface area contributed by atoms with E-state index >= 15 is 0 Å². The molecule has 0 radical (unpaired) electrons. The first-order chi connectivity index (χ1) is 7.04. The highest BCUT2D eigenvalue weighted by Crippen LogP contribution is 2.38. The number of hydrogen-bond acceptors (Lipinski definition) is 2. The van der Waals surface area contributed by atoms with Gasteiger partial charge in [0.1, 0.15) is 0 Å². The maximum Gasteiger partial charge on any atom is 0.305 e. The molecule has 0 aliphatic heterocycles. The monoisotopic (exact) mass is 210 g/mol. The Kier molecular flexibility index (Phi) is 4.37. The van der Waals surface area contributed by atoms with Crippen molar-refractivity contribution in [3.8, 4) is 0 Å². The average Bonchev–Trinajstić information content (AvgIpc) is 2.20. The van der Waals surface area contributed by atoms with E-state index < -0.39 is 0 Å². The fourth-order valence-corrected chi connectivity index (χ4v) is 2.44. The first-order valence-corrected chi connectivity index (χ1v) is 5.76. The van der Waals surface area contributed by atoms with Crippen LogP contribution in [0.5, 0.6) is 0 Å². The Balaban J connectivity index is 2.53. The number of methoxy groups -OCH3 is 1. The van der Waals surface area contributed by atoms with Crippen molar-refractivity contribution in [1.29, 1.82) is 0 Å². The zero-order chi connectivity index (χ0) is 11.4. The second-order valence-electron chi connectivity index (χ2n) is 4.87. The number of allylic oxidation sites excluding steroid dienone is 1. The molecule has 1 fully saturated rings.